The Labute approximate surface area is 120 Å². The molecule has 0 saturated carbocycles. The van der Waals surface area contributed by atoms with E-state index >= 15 is 0 Å². The van der Waals surface area contributed by atoms with Crippen LogP contribution in [-0.4, -0.2) is 12.5 Å². The molecule has 3 heteroatoms. The van der Waals surface area contributed by atoms with Gasteiger partial charge in [-0.2, -0.15) is 0 Å². The molecule has 3 nitrogen and oxygen atoms in total. The quantitative estimate of drug-likeness (QED) is 0.888. The highest BCUT2D eigenvalue weighted by Gasteiger charge is 2.07. The Morgan fingerprint density at radius 2 is 1.50 bits per heavy atom. The van der Waals surface area contributed by atoms with Crippen LogP contribution in [0.3, 0.4) is 0 Å². The van der Waals surface area contributed by atoms with E-state index in [2.05, 4.69) is 10.6 Å². The zero-order valence-corrected chi connectivity index (χ0v) is 12.2. The first-order valence-corrected chi connectivity index (χ1v) is 6.73. The molecular formula is C17H20N2O. The Bertz CT molecular complexity index is 600. The molecule has 20 heavy (non-hydrogen) atoms. The monoisotopic (exact) mass is 268 g/mol. The number of benzene rings is 2. The second-order valence-corrected chi connectivity index (χ2v) is 4.98. The van der Waals surface area contributed by atoms with Crippen LogP contribution in [0, 0.1) is 20.8 Å². The predicted octanol–water partition coefficient (Wildman–Crippen LogP) is 3.66. The average molecular weight is 268 g/mol. The summed E-state index contributed by atoms with van der Waals surface area (Å²) in [6.07, 6.45) is 0. The van der Waals surface area contributed by atoms with Gasteiger partial charge in [-0.15, -0.1) is 0 Å². The number of carbonyl (C=O) groups is 1. The lowest BCUT2D eigenvalue weighted by Crippen LogP contribution is -2.22. The van der Waals surface area contributed by atoms with Gasteiger partial charge in [0.25, 0.3) is 0 Å². The van der Waals surface area contributed by atoms with Crippen LogP contribution >= 0.6 is 0 Å². The van der Waals surface area contributed by atoms with E-state index in [0.717, 1.165) is 28.1 Å². The largest absolute Gasteiger partial charge is 0.376 e. The Hall–Kier alpha value is -2.29. The number of para-hydroxylation sites is 2. The summed E-state index contributed by atoms with van der Waals surface area (Å²) >= 11 is 0. The number of carbonyl (C=O) groups excluding carboxylic acids is 1. The molecule has 0 fully saturated rings. The molecule has 2 aromatic carbocycles. The second kappa shape index (κ2) is 6.24. The van der Waals surface area contributed by atoms with E-state index in [1.54, 1.807) is 0 Å². The number of hydrogen-bond donors (Lipinski definition) is 2. The molecule has 0 spiro atoms. The van der Waals surface area contributed by atoms with Crippen LogP contribution in [0.5, 0.6) is 0 Å². The van der Waals surface area contributed by atoms with Gasteiger partial charge in [-0.25, -0.2) is 0 Å². The van der Waals surface area contributed by atoms with Crippen molar-refractivity contribution in [1.82, 2.24) is 0 Å². The summed E-state index contributed by atoms with van der Waals surface area (Å²) < 4.78 is 0. The number of anilines is 2. The molecule has 0 atom stereocenters. The molecular weight excluding hydrogens is 248 g/mol. The van der Waals surface area contributed by atoms with E-state index < -0.39 is 0 Å². The molecule has 0 unspecified atom stereocenters. The van der Waals surface area contributed by atoms with Crippen molar-refractivity contribution in [1.29, 1.82) is 0 Å². The SMILES string of the molecule is Cc1ccccc1NCC(=O)Nc1c(C)cccc1C. The van der Waals surface area contributed by atoms with Crippen LogP contribution in [0.25, 0.3) is 0 Å². The summed E-state index contributed by atoms with van der Waals surface area (Å²) in [5.41, 5.74) is 5.18. The molecule has 0 bridgehead atoms. The Kier molecular flexibility index (Phi) is 4.41. The third kappa shape index (κ3) is 3.38. The summed E-state index contributed by atoms with van der Waals surface area (Å²) in [5.74, 6) is -0.0364. The first-order valence-electron chi connectivity index (χ1n) is 6.73. The Balaban J connectivity index is 1.98. The fourth-order valence-corrected chi connectivity index (χ4v) is 2.14. The molecule has 0 saturated heterocycles. The molecule has 1 amide bonds. The Morgan fingerprint density at radius 3 is 2.15 bits per heavy atom. The molecule has 2 N–H and O–H groups in total. The predicted molar refractivity (Wildman–Crippen MR) is 84.2 cm³/mol. The minimum Gasteiger partial charge on any atom is -0.376 e. The third-order valence-electron chi connectivity index (χ3n) is 3.33. The zero-order chi connectivity index (χ0) is 14.5. The normalized spacial score (nSPS) is 10.2. The fourth-order valence-electron chi connectivity index (χ4n) is 2.14. The number of amides is 1. The van der Waals surface area contributed by atoms with Crippen LogP contribution in [0.4, 0.5) is 11.4 Å². The van der Waals surface area contributed by atoms with E-state index in [0.29, 0.717) is 0 Å². The van der Waals surface area contributed by atoms with Crippen molar-refractivity contribution in [2.45, 2.75) is 20.8 Å². The highest BCUT2D eigenvalue weighted by atomic mass is 16.1. The molecule has 0 heterocycles. The molecule has 0 aliphatic heterocycles. The van der Waals surface area contributed by atoms with Gasteiger partial charge in [0, 0.05) is 11.4 Å². The molecule has 0 radical (unpaired) electrons. The maximum absolute atomic E-state index is 12.0. The standard InChI is InChI=1S/C17H20N2O/c1-12-7-4-5-10-15(12)18-11-16(20)19-17-13(2)8-6-9-14(17)3/h4-10,18H,11H2,1-3H3,(H,19,20). The lowest BCUT2D eigenvalue weighted by molar-refractivity contribution is -0.114. The summed E-state index contributed by atoms with van der Waals surface area (Å²) in [7, 11) is 0. The molecule has 2 aromatic rings. The van der Waals surface area contributed by atoms with Gasteiger partial charge in [-0.1, -0.05) is 36.4 Å². The van der Waals surface area contributed by atoms with E-state index in [-0.39, 0.29) is 12.5 Å². The van der Waals surface area contributed by atoms with Crippen LogP contribution in [0.1, 0.15) is 16.7 Å². The molecule has 2 rings (SSSR count). The van der Waals surface area contributed by atoms with Crippen LogP contribution in [-0.2, 0) is 4.79 Å². The topological polar surface area (TPSA) is 41.1 Å². The highest BCUT2D eigenvalue weighted by Crippen LogP contribution is 2.19. The van der Waals surface area contributed by atoms with Gasteiger partial charge in [0.05, 0.1) is 6.54 Å². The van der Waals surface area contributed by atoms with Gasteiger partial charge in [0.1, 0.15) is 0 Å². The third-order valence-corrected chi connectivity index (χ3v) is 3.33. The van der Waals surface area contributed by atoms with Crippen molar-refractivity contribution in [2.75, 3.05) is 17.2 Å². The maximum atomic E-state index is 12.0. The van der Waals surface area contributed by atoms with E-state index in [1.165, 1.54) is 0 Å². The summed E-state index contributed by atoms with van der Waals surface area (Å²) in [4.78, 5) is 12.0. The summed E-state index contributed by atoms with van der Waals surface area (Å²) in [5, 5.41) is 6.13. The number of nitrogens with one attached hydrogen (secondary N) is 2. The van der Waals surface area contributed by atoms with E-state index in [4.69, 9.17) is 0 Å². The van der Waals surface area contributed by atoms with Crippen LogP contribution in [0.2, 0.25) is 0 Å². The van der Waals surface area contributed by atoms with Crippen LogP contribution < -0.4 is 10.6 Å². The zero-order valence-electron chi connectivity index (χ0n) is 12.2. The maximum Gasteiger partial charge on any atom is 0.243 e. The summed E-state index contributed by atoms with van der Waals surface area (Å²) in [6.45, 7) is 6.28. The van der Waals surface area contributed by atoms with Crippen molar-refractivity contribution < 1.29 is 4.79 Å². The smallest absolute Gasteiger partial charge is 0.243 e. The van der Waals surface area contributed by atoms with Crippen molar-refractivity contribution >= 4 is 17.3 Å². The lowest BCUT2D eigenvalue weighted by Gasteiger charge is -2.13. The van der Waals surface area contributed by atoms with Crippen molar-refractivity contribution in [3.8, 4) is 0 Å². The van der Waals surface area contributed by atoms with Gasteiger partial charge in [0.2, 0.25) is 5.91 Å². The molecule has 0 aliphatic rings. The highest BCUT2D eigenvalue weighted by molar-refractivity contribution is 5.95. The van der Waals surface area contributed by atoms with E-state index in [1.807, 2.05) is 63.2 Å². The van der Waals surface area contributed by atoms with Crippen molar-refractivity contribution in [3.63, 3.8) is 0 Å². The van der Waals surface area contributed by atoms with Crippen LogP contribution in [0.15, 0.2) is 42.5 Å². The summed E-state index contributed by atoms with van der Waals surface area (Å²) in [6, 6.07) is 13.9. The van der Waals surface area contributed by atoms with Gasteiger partial charge >= 0.3 is 0 Å². The van der Waals surface area contributed by atoms with Crippen molar-refractivity contribution in [2.24, 2.45) is 0 Å². The lowest BCUT2D eigenvalue weighted by atomic mass is 10.1. The number of hydrogen-bond acceptors (Lipinski definition) is 2. The average Bonchev–Trinajstić information content (AvgIpc) is 2.42. The fraction of sp³-hybridized carbons (Fsp3) is 0.235. The van der Waals surface area contributed by atoms with Gasteiger partial charge in [-0.3, -0.25) is 4.79 Å². The van der Waals surface area contributed by atoms with Gasteiger partial charge in [-0.05, 0) is 43.5 Å². The molecule has 104 valence electrons. The number of aryl methyl sites for hydroxylation is 3. The first kappa shape index (κ1) is 14.1. The second-order valence-electron chi connectivity index (χ2n) is 4.98. The van der Waals surface area contributed by atoms with Gasteiger partial charge in [0.15, 0.2) is 0 Å². The minimum absolute atomic E-state index is 0.0364. The minimum atomic E-state index is -0.0364. The number of rotatable bonds is 4. The molecule has 0 aromatic heterocycles. The van der Waals surface area contributed by atoms with E-state index in [9.17, 15) is 4.79 Å². The molecule has 0 aliphatic carbocycles. The van der Waals surface area contributed by atoms with Crippen molar-refractivity contribution in [3.05, 3.63) is 59.2 Å². The van der Waals surface area contributed by atoms with Gasteiger partial charge < -0.3 is 10.6 Å². The first-order chi connectivity index (χ1) is 9.58. The Morgan fingerprint density at radius 1 is 0.900 bits per heavy atom.